The van der Waals surface area contributed by atoms with E-state index in [1.165, 1.54) is 0 Å². The Morgan fingerprint density at radius 3 is 2.74 bits per heavy atom. The first-order valence-corrected chi connectivity index (χ1v) is 6.63. The number of amides is 1. The van der Waals surface area contributed by atoms with Gasteiger partial charge in [-0.15, -0.1) is 0 Å². The Bertz CT molecular complexity index is 458. The van der Waals surface area contributed by atoms with E-state index in [4.69, 9.17) is 9.47 Å². The number of cyclic esters (lactones) is 1. The summed E-state index contributed by atoms with van der Waals surface area (Å²) in [5.41, 5.74) is 1.05. The van der Waals surface area contributed by atoms with Gasteiger partial charge in [-0.25, -0.2) is 4.79 Å². The first-order valence-electron chi connectivity index (χ1n) is 6.63. The van der Waals surface area contributed by atoms with Crippen molar-refractivity contribution >= 4 is 6.09 Å². The Labute approximate surface area is 114 Å². The van der Waals surface area contributed by atoms with E-state index in [-0.39, 0.29) is 18.2 Å². The zero-order valence-corrected chi connectivity index (χ0v) is 11.9. The molecule has 0 bridgehead atoms. The van der Waals surface area contributed by atoms with E-state index in [0.29, 0.717) is 12.5 Å². The van der Waals surface area contributed by atoms with Crippen molar-refractivity contribution in [3.05, 3.63) is 29.8 Å². The van der Waals surface area contributed by atoms with E-state index in [1.807, 2.05) is 31.2 Å². The molecular weight excluding hydrogens is 242 g/mol. The van der Waals surface area contributed by atoms with Gasteiger partial charge in [-0.05, 0) is 30.5 Å². The summed E-state index contributed by atoms with van der Waals surface area (Å²) in [5, 5.41) is 0. The second-order valence-corrected chi connectivity index (χ2v) is 5.31. The largest absolute Gasteiger partial charge is 0.497 e. The molecule has 0 N–H and O–H groups in total. The summed E-state index contributed by atoms with van der Waals surface area (Å²) in [7, 11) is 1.64. The summed E-state index contributed by atoms with van der Waals surface area (Å²) in [6, 6.07) is 7.86. The Morgan fingerprint density at radius 2 is 2.16 bits per heavy atom. The molecule has 1 heterocycles. The highest BCUT2D eigenvalue weighted by Crippen LogP contribution is 2.27. The van der Waals surface area contributed by atoms with Crippen LogP contribution in [0.2, 0.25) is 0 Å². The van der Waals surface area contributed by atoms with Gasteiger partial charge in [0.2, 0.25) is 0 Å². The lowest BCUT2D eigenvalue weighted by molar-refractivity contribution is 0.104. The number of methoxy groups -OCH3 is 1. The number of benzene rings is 1. The Morgan fingerprint density at radius 1 is 1.42 bits per heavy atom. The van der Waals surface area contributed by atoms with Crippen LogP contribution in [0, 0.1) is 5.92 Å². The fourth-order valence-corrected chi connectivity index (χ4v) is 2.50. The maximum absolute atomic E-state index is 11.9. The standard InChI is InChI=1S/C15H21NO3/c1-10(2)14-11(3)16(15(17)19-14)9-12-6-5-7-13(8-12)18-4/h5-8,10-11,14H,9H2,1-4H3/t11-,14-/m1/s1. The predicted molar refractivity (Wildman–Crippen MR) is 73.1 cm³/mol. The number of hydrogen-bond donors (Lipinski definition) is 0. The van der Waals surface area contributed by atoms with Crippen molar-refractivity contribution in [1.82, 2.24) is 4.90 Å². The molecule has 1 saturated heterocycles. The van der Waals surface area contributed by atoms with Gasteiger partial charge >= 0.3 is 6.09 Å². The molecule has 0 unspecified atom stereocenters. The van der Waals surface area contributed by atoms with E-state index in [9.17, 15) is 4.79 Å². The van der Waals surface area contributed by atoms with Crippen molar-refractivity contribution in [3.63, 3.8) is 0 Å². The third-order valence-corrected chi connectivity index (χ3v) is 3.58. The fraction of sp³-hybridized carbons (Fsp3) is 0.533. The van der Waals surface area contributed by atoms with E-state index in [1.54, 1.807) is 12.0 Å². The van der Waals surface area contributed by atoms with Gasteiger partial charge in [0.1, 0.15) is 11.9 Å². The van der Waals surface area contributed by atoms with Crippen LogP contribution in [0.1, 0.15) is 26.3 Å². The smallest absolute Gasteiger partial charge is 0.410 e. The molecular formula is C15H21NO3. The normalized spacial score (nSPS) is 22.8. The number of carbonyl (C=O) groups excluding carboxylic acids is 1. The Balaban J connectivity index is 2.12. The van der Waals surface area contributed by atoms with Gasteiger partial charge in [-0.2, -0.15) is 0 Å². The maximum Gasteiger partial charge on any atom is 0.410 e. The van der Waals surface area contributed by atoms with Gasteiger partial charge < -0.3 is 9.47 Å². The molecule has 1 amide bonds. The minimum Gasteiger partial charge on any atom is -0.497 e. The summed E-state index contributed by atoms with van der Waals surface area (Å²) in [6.45, 7) is 6.74. The van der Waals surface area contributed by atoms with Gasteiger partial charge in [-0.1, -0.05) is 26.0 Å². The predicted octanol–water partition coefficient (Wildman–Crippen LogP) is 3.06. The average molecular weight is 263 g/mol. The monoisotopic (exact) mass is 263 g/mol. The number of ether oxygens (including phenoxy) is 2. The van der Waals surface area contributed by atoms with Crippen molar-refractivity contribution in [1.29, 1.82) is 0 Å². The zero-order valence-electron chi connectivity index (χ0n) is 11.9. The molecule has 19 heavy (non-hydrogen) atoms. The molecule has 0 aromatic heterocycles. The molecule has 0 radical (unpaired) electrons. The molecule has 1 aromatic rings. The second-order valence-electron chi connectivity index (χ2n) is 5.31. The zero-order chi connectivity index (χ0) is 14.0. The van der Waals surface area contributed by atoms with E-state index in [0.717, 1.165) is 11.3 Å². The van der Waals surface area contributed by atoms with Crippen molar-refractivity contribution < 1.29 is 14.3 Å². The topological polar surface area (TPSA) is 38.8 Å². The highest BCUT2D eigenvalue weighted by molar-refractivity contribution is 5.70. The first-order chi connectivity index (χ1) is 9.02. The Kier molecular flexibility index (Phi) is 3.98. The number of hydrogen-bond acceptors (Lipinski definition) is 3. The minimum atomic E-state index is -0.228. The fourth-order valence-electron chi connectivity index (χ4n) is 2.50. The molecule has 0 spiro atoms. The van der Waals surface area contributed by atoms with Gasteiger partial charge in [-0.3, -0.25) is 4.90 Å². The van der Waals surface area contributed by atoms with Gasteiger partial charge in [0.05, 0.1) is 13.2 Å². The number of rotatable bonds is 4. The van der Waals surface area contributed by atoms with Crippen molar-refractivity contribution in [2.75, 3.05) is 7.11 Å². The van der Waals surface area contributed by atoms with Crippen LogP contribution >= 0.6 is 0 Å². The Hall–Kier alpha value is -1.71. The molecule has 0 aliphatic carbocycles. The number of carbonyl (C=O) groups is 1. The highest BCUT2D eigenvalue weighted by Gasteiger charge is 2.40. The molecule has 4 nitrogen and oxygen atoms in total. The molecule has 104 valence electrons. The molecule has 1 aromatic carbocycles. The first kappa shape index (κ1) is 13.7. The second kappa shape index (κ2) is 5.51. The molecule has 4 heteroatoms. The van der Waals surface area contributed by atoms with Crippen LogP contribution in [0.3, 0.4) is 0 Å². The molecule has 2 rings (SSSR count). The van der Waals surface area contributed by atoms with Gasteiger partial charge in [0.25, 0.3) is 0 Å². The number of nitrogens with zero attached hydrogens (tertiary/aromatic N) is 1. The van der Waals surface area contributed by atoms with Crippen LogP contribution in [-0.2, 0) is 11.3 Å². The lowest BCUT2D eigenvalue weighted by Gasteiger charge is -2.22. The molecule has 1 aliphatic rings. The molecule has 2 atom stereocenters. The summed E-state index contributed by atoms with van der Waals surface area (Å²) in [6.07, 6.45) is -0.257. The average Bonchev–Trinajstić information content (AvgIpc) is 2.67. The van der Waals surface area contributed by atoms with Crippen LogP contribution in [-0.4, -0.2) is 30.2 Å². The van der Waals surface area contributed by atoms with Crippen LogP contribution < -0.4 is 4.74 Å². The van der Waals surface area contributed by atoms with Crippen molar-refractivity contribution in [3.8, 4) is 5.75 Å². The van der Waals surface area contributed by atoms with Crippen LogP contribution in [0.25, 0.3) is 0 Å². The van der Waals surface area contributed by atoms with Gasteiger partial charge in [0, 0.05) is 6.54 Å². The van der Waals surface area contributed by atoms with E-state index in [2.05, 4.69) is 13.8 Å². The summed E-state index contributed by atoms with van der Waals surface area (Å²) in [5.74, 6) is 1.13. The third-order valence-electron chi connectivity index (χ3n) is 3.58. The molecule has 1 fully saturated rings. The summed E-state index contributed by atoms with van der Waals surface area (Å²) < 4.78 is 10.6. The van der Waals surface area contributed by atoms with Crippen LogP contribution in [0.5, 0.6) is 5.75 Å². The maximum atomic E-state index is 11.9. The quantitative estimate of drug-likeness (QED) is 0.838. The minimum absolute atomic E-state index is 0.0295. The van der Waals surface area contributed by atoms with Crippen LogP contribution in [0.15, 0.2) is 24.3 Å². The highest BCUT2D eigenvalue weighted by atomic mass is 16.6. The van der Waals surface area contributed by atoms with Crippen LogP contribution in [0.4, 0.5) is 4.79 Å². The van der Waals surface area contributed by atoms with E-state index < -0.39 is 0 Å². The summed E-state index contributed by atoms with van der Waals surface area (Å²) in [4.78, 5) is 13.7. The SMILES string of the molecule is COc1cccc(CN2C(=O)O[C@H](C(C)C)[C@H]2C)c1. The van der Waals surface area contributed by atoms with E-state index >= 15 is 0 Å². The van der Waals surface area contributed by atoms with Crippen molar-refractivity contribution in [2.45, 2.75) is 39.5 Å². The lowest BCUT2D eigenvalue weighted by Crippen LogP contribution is -2.35. The third kappa shape index (κ3) is 2.83. The molecule has 0 saturated carbocycles. The van der Waals surface area contributed by atoms with Gasteiger partial charge in [0.15, 0.2) is 0 Å². The lowest BCUT2D eigenvalue weighted by atomic mass is 10.0. The molecule has 1 aliphatic heterocycles. The van der Waals surface area contributed by atoms with Crippen molar-refractivity contribution in [2.24, 2.45) is 5.92 Å². The summed E-state index contributed by atoms with van der Waals surface area (Å²) >= 11 is 0.